The molecular formula is C7H15NO. The molecule has 0 heterocycles. The van der Waals surface area contributed by atoms with E-state index in [4.69, 9.17) is 4.74 Å². The highest BCUT2D eigenvalue weighted by Gasteiger charge is 1.87. The van der Waals surface area contributed by atoms with E-state index in [1.54, 1.807) is 0 Å². The van der Waals surface area contributed by atoms with Crippen LogP contribution in [0.5, 0.6) is 0 Å². The molecule has 0 saturated heterocycles. The van der Waals surface area contributed by atoms with E-state index < -0.39 is 0 Å². The standard InChI is InChI=1S/C7H15NO/c1-6(2)8-5-9-7(3)4/h5-7H,1-4H3. The van der Waals surface area contributed by atoms with Gasteiger partial charge in [-0.05, 0) is 27.7 Å². The maximum atomic E-state index is 5.06. The lowest BCUT2D eigenvalue weighted by molar-refractivity contribution is 0.240. The van der Waals surface area contributed by atoms with Crippen molar-refractivity contribution in [2.75, 3.05) is 0 Å². The van der Waals surface area contributed by atoms with Crippen molar-refractivity contribution in [2.24, 2.45) is 4.99 Å². The number of rotatable bonds is 3. The van der Waals surface area contributed by atoms with Crippen LogP contribution in [0.4, 0.5) is 0 Å². The second-order valence-electron chi connectivity index (χ2n) is 2.53. The molecule has 0 bridgehead atoms. The van der Waals surface area contributed by atoms with Crippen molar-refractivity contribution in [3.8, 4) is 0 Å². The van der Waals surface area contributed by atoms with Gasteiger partial charge in [-0.3, -0.25) is 4.99 Å². The molecule has 0 aromatic rings. The molecule has 0 spiro atoms. The van der Waals surface area contributed by atoms with Crippen molar-refractivity contribution in [3.63, 3.8) is 0 Å². The van der Waals surface area contributed by atoms with Crippen molar-refractivity contribution in [1.82, 2.24) is 0 Å². The fourth-order valence-electron chi connectivity index (χ4n) is 0.279. The summed E-state index contributed by atoms with van der Waals surface area (Å²) in [6, 6.07) is 0.337. The molecule has 9 heavy (non-hydrogen) atoms. The Morgan fingerprint density at radius 2 is 1.78 bits per heavy atom. The SMILES string of the molecule is CC(C)N=COC(C)C. The summed E-state index contributed by atoms with van der Waals surface area (Å²) in [4.78, 5) is 4.02. The lowest BCUT2D eigenvalue weighted by atomic mass is 10.4. The predicted molar refractivity (Wildman–Crippen MR) is 39.8 cm³/mol. The van der Waals surface area contributed by atoms with Gasteiger partial charge < -0.3 is 4.74 Å². The Morgan fingerprint density at radius 3 is 2.11 bits per heavy atom. The quantitative estimate of drug-likeness (QED) is 0.421. The molecule has 0 N–H and O–H groups in total. The Morgan fingerprint density at radius 1 is 1.22 bits per heavy atom. The molecule has 0 fully saturated rings. The normalized spacial score (nSPS) is 11.8. The first-order valence-electron chi connectivity index (χ1n) is 3.30. The molecule has 0 aromatic carbocycles. The number of hydrogen-bond acceptors (Lipinski definition) is 2. The van der Waals surface area contributed by atoms with Gasteiger partial charge >= 0.3 is 0 Å². The van der Waals surface area contributed by atoms with Gasteiger partial charge in [0.15, 0.2) is 6.40 Å². The van der Waals surface area contributed by atoms with Crippen LogP contribution in [0.3, 0.4) is 0 Å². The highest BCUT2D eigenvalue weighted by atomic mass is 16.5. The van der Waals surface area contributed by atoms with Crippen LogP contribution >= 0.6 is 0 Å². The van der Waals surface area contributed by atoms with E-state index in [2.05, 4.69) is 4.99 Å². The first-order valence-corrected chi connectivity index (χ1v) is 3.30. The van der Waals surface area contributed by atoms with Crippen LogP contribution in [0.1, 0.15) is 27.7 Å². The summed E-state index contributed by atoms with van der Waals surface area (Å²) >= 11 is 0. The summed E-state index contributed by atoms with van der Waals surface area (Å²) in [5, 5.41) is 0. The molecule has 0 unspecified atom stereocenters. The zero-order chi connectivity index (χ0) is 7.28. The lowest BCUT2D eigenvalue weighted by Crippen LogP contribution is -2.01. The number of hydrogen-bond donors (Lipinski definition) is 0. The summed E-state index contributed by atoms with van der Waals surface area (Å²) in [5.41, 5.74) is 0. The first-order chi connectivity index (χ1) is 4.13. The summed E-state index contributed by atoms with van der Waals surface area (Å²) in [5.74, 6) is 0. The smallest absolute Gasteiger partial charge is 0.170 e. The van der Waals surface area contributed by atoms with Crippen molar-refractivity contribution >= 4 is 6.40 Å². The van der Waals surface area contributed by atoms with E-state index in [9.17, 15) is 0 Å². The van der Waals surface area contributed by atoms with Crippen LogP contribution in [0, 0.1) is 0 Å². The maximum absolute atomic E-state index is 5.06. The second kappa shape index (κ2) is 4.36. The molecule has 0 aromatic heterocycles. The van der Waals surface area contributed by atoms with Gasteiger partial charge in [-0.15, -0.1) is 0 Å². The number of nitrogens with zero attached hydrogens (tertiary/aromatic N) is 1. The Bertz CT molecular complexity index is 86.9. The Labute approximate surface area is 56.9 Å². The molecule has 0 rings (SSSR count). The lowest BCUT2D eigenvalue weighted by Gasteiger charge is -2.02. The van der Waals surface area contributed by atoms with Crippen molar-refractivity contribution in [1.29, 1.82) is 0 Å². The molecule has 0 aliphatic heterocycles. The van der Waals surface area contributed by atoms with E-state index >= 15 is 0 Å². The van der Waals surface area contributed by atoms with Crippen molar-refractivity contribution in [3.05, 3.63) is 0 Å². The van der Waals surface area contributed by atoms with Gasteiger partial charge in [0.2, 0.25) is 0 Å². The zero-order valence-corrected chi connectivity index (χ0v) is 6.59. The molecule has 0 atom stereocenters. The van der Waals surface area contributed by atoms with Gasteiger partial charge in [0.25, 0.3) is 0 Å². The average Bonchev–Trinajstić information content (AvgIpc) is 1.63. The van der Waals surface area contributed by atoms with Gasteiger partial charge in [-0.25, -0.2) is 0 Å². The number of aliphatic imine (C=N–C) groups is 1. The third-order valence-electron chi connectivity index (χ3n) is 0.692. The number of ether oxygens (including phenoxy) is 1. The highest BCUT2D eigenvalue weighted by molar-refractivity contribution is 5.46. The topological polar surface area (TPSA) is 21.6 Å². The molecule has 54 valence electrons. The van der Waals surface area contributed by atoms with Crippen LogP contribution < -0.4 is 0 Å². The minimum atomic E-state index is 0.243. The Kier molecular flexibility index (Phi) is 4.10. The molecular weight excluding hydrogens is 114 g/mol. The second-order valence-corrected chi connectivity index (χ2v) is 2.53. The summed E-state index contributed by atoms with van der Waals surface area (Å²) < 4.78 is 5.06. The fourth-order valence-corrected chi connectivity index (χ4v) is 0.279. The molecule has 2 heteroatoms. The van der Waals surface area contributed by atoms with Crippen LogP contribution in [0.2, 0.25) is 0 Å². The predicted octanol–water partition coefficient (Wildman–Crippen LogP) is 1.85. The molecule has 2 nitrogen and oxygen atoms in total. The van der Waals surface area contributed by atoms with Crippen LogP contribution in [-0.4, -0.2) is 18.5 Å². The summed E-state index contributed by atoms with van der Waals surface area (Å²) in [6.07, 6.45) is 1.77. The first kappa shape index (κ1) is 8.47. The average molecular weight is 129 g/mol. The van der Waals surface area contributed by atoms with Crippen LogP contribution in [0.15, 0.2) is 4.99 Å². The van der Waals surface area contributed by atoms with Gasteiger partial charge in [0.1, 0.15) is 0 Å². The van der Waals surface area contributed by atoms with Gasteiger partial charge in [0, 0.05) is 6.04 Å². The summed E-state index contributed by atoms with van der Waals surface area (Å²) in [7, 11) is 0. The van der Waals surface area contributed by atoms with E-state index in [1.165, 1.54) is 6.40 Å². The van der Waals surface area contributed by atoms with Gasteiger partial charge in [-0.2, -0.15) is 0 Å². The fraction of sp³-hybridized carbons (Fsp3) is 0.857. The molecule has 0 radical (unpaired) electrons. The van der Waals surface area contributed by atoms with E-state index in [0.717, 1.165) is 0 Å². The third kappa shape index (κ3) is 7.47. The van der Waals surface area contributed by atoms with Crippen molar-refractivity contribution < 1.29 is 4.74 Å². The third-order valence-corrected chi connectivity index (χ3v) is 0.692. The van der Waals surface area contributed by atoms with Gasteiger partial charge in [0.05, 0.1) is 6.10 Å². The maximum Gasteiger partial charge on any atom is 0.170 e. The monoisotopic (exact) mass is 129 g/mol. The zero-order valence-electron chi connectivity index (χ0n) is 6.59. The van der Waals surface area contributed by atoms with Crippen LogP contribution in [-0.2, 0) is 4.74 Å². The minimum absolute atomic E-state index is 0.243. The Hall–Kier alpha value is -0.530. The Balaban J connectivity index is 3.25. The van der Waals surface area contributed by atoms with E-state index in [-0.39, 0.29) is 6.10 Å². The highest BCUT2D eigenvalue weighted by Crippen LogP contribution is 1.86. The van der Waals surface area contributed by atoms with Gasteiger partial charge in [-0.1, -0.05) is 0 Å². The van der Waals surface area contributed by atoms with E-state index in [0.29, 0.717) is 6.04 Å². The van der Waals surface area contributed by atoms with Crippen LogP contribution in [0.25, 0.3) is 0 Å². The minimum Gasteiger partial charge on any atom is -0.481 e. The summed E-state index contributed by atoms with van der Waals surface area (Å²) in [6.45, 7) is 7.99. The molecule has 0 saturated carbocycles. The molecule has 0 amide bonds. The largest absolute Gasteiger partial charge is 0.481 e. The van der Waals surface area contributed by atoms with E-state index in [1.807, 2.05) is 27.7 Å². The van der Waals surface area contributed by atoms with Crippen molar-refractivity contribution in [2.45, 2.75) is 39.8 Å². The molecule has 0 aliphatic rings. The molecule has 0 aliphatic carbocycles.